The average Bonchev–Trinajstić information content (AvgIpc) is 2.85. The van der Waals surface area contributed by atoms with E-state index in [2.05, 4.69) is 0 Å². The van der Waals surface area contributed by atoms with E-state index in [-0.39, 0.29) is 17.9 Å². The van der Waals surface area contributed by atoms with Crippen molar-refractivity contribution in [3.05, 3.63) is 0 Å². The van der Waals surface area contributed by atoms with Crippen LogP contribution < -0.4 is 5.73 Å². The molecule has 3 aliphatic carbocycles. The van der Waals surface area contributed by atoms with Crippen LogP contribution in [-0.4, -0.2) is 18.6 Å². The second-order valence-electron chi connectivity index (χ2n) is 5.51. The van der Waals surface area contributed by atoms with Gasteiger partial charge in [0.05, 0.1) is 12.5 Å². The van der Waals surface area contributed by atoms with E-state index in [1.54, 1.807) is 0 Å². The van der Waals surface area contributed by atoms with E-state index >= 15 is 0 Å². The van der Waals surface area contributed by atoms with Crippen LogP contribution in [0, 0.1) is 23.7 Å². The highest BCUT2D eigenvalue weighted by atomic mass is 16.5. The van der Waals surface area contributed by atoms with E-state index in [1.807, 2.05) is 0 Å². The Bertz CT molecular complexity index is 273. The second kappa shape index (κ2) is 3.48. The second-order valence-corrected chi connectivity index (χ2v) is 5.51. The standard InChI is InChI=1S/C12H19NO2/c13-11-9-4-3-8(5-9)10(11)12(14)15-6-7-1-2-7/h7-11H,1-6,13H2. The Morgan fingerprint density at radius 2 is 1.93 bits per heavy atom. The van der Waals surface area contributed by atoms with Gasteiger partial charge in [0.15, 0.2) is 0 Å². The van der Waals surface area contributed by atoms with Crippen molar-refractivity contribution in [2.45, 2.75) is 38.1 Å². The molecule has 0 aromatic heterocycles. The average molecular weight is 209 g/mol. The smallest absolute Gasteiger partial charge is 0.310 e. The summed E-state index contributed by atoms with van der Waals surface area (Å²) in [6, 6.07) is 0.0791. The minimum atomic E-state index is -0.0124. The minimum absolute atomic E-state index is 0.0124. The van der Waals surface area contributed by atoms with Crippen LogP contribution >= 0.6 is 0 Å². The molecule has 2 bridgehead atoms. The first-order chi connectivity index (χ1) is 7.25. The molecule has 3 aliphatic rings. The van der Waals surface area contributed by atoms with Crippen molar-refractivity contribution in [2.75, 3.05) is 6.61 Å². The molecule has 3 saturated carbocycles. The van der Waals surface area contributed by atoms with Crippen LogP contribution in [0.25, 0.3) is 0 Å². The molecule has 4 unspecified atom stereocenters. The number of hydrogen-bond donors (Lipinski definition) is 1. The van der Waals surface area contributed by atoms with Gasteiger partial charge in [0, 0.05) is 6.04 Å². The van der Waals surface area contributed by atoms with Crippen LogP contribution in [0.2, 0.25) is 0 Å². The van der Waals surface area contributed by atoms with Gasteiger partial charge in [0.25, 0.3) is 0 Å². The normalized spacial score (nSPS) is 43.3. The zero-order valence-electron chi connectivity index (χ0n) is 9.02. The molecule has 0 aromatic rings. The van der Waals surface area contributed by atoms with Crippen LogP contribution in [0.15, 0.2) is 0 Å². The zero-order valence-corrected chi connectivity index (χ0v) is 9.02. The molecule has 0 saturated heterocycles. The summed E-state index contributed by atoms with van der Waals surface area (Å²) in [5.41, 5.74) is 6.09. The molecule has 84 valence electrons. The van der Waals surface area contributed by atoms with Crippen LogP contribution in [0.4, 0.5) is 0 Å². The molecule has 0 amide bonds. The molecule has 0 heterocycles. The van der Waals surface area contributed by atoms with Gasteiger partial charge in [-0.15, -0.1) is 0 Å². The van der Waals surface area contributed by atoms with E-state index in [4.69, 9.17) is 10.5 Å². The van der Waals surface area contributed by atoms with Crippen LogP contribution in [0.5, 0.6) is 0 Å². The van der Waals surface area contributed by atoms with Gasteiger partial charge in [0.2, 0.25) is 0 Å². The van der Waals surface area contributed by atoms with E-state index in [0.29, 0.717) is 24.4 Å². The molecule has 0 aliphatic heterocycles. The fourth-order valence-electron chi connectivity index (χ4n) is 3.27. The van der Waals surface area contributed by atoms with Gasteiger partial charge in [-0.25, -0.2) is 0 Å². The summed E-state index contributed by atoms with van der Waals surface area (Å²) < 4.78 is 5.35. The molecule has 3 fully saturated rings. The van der Waals surface area contributed by atoms with Gasteiger partial charge in [-0.2, -0.15) is 0 Å². The van der Waals surface area contributed by atoms with Gasteiger partial charge in [-0.05, 0) is 49.9 Å². The molecule has 2 N–H and O–H groups in total. The van der Waals surface area contributed by atoms with E-state index in [0.717, 1.165) is 6.42 Å². The molecule has 4 atom stereocenters. The maximum Gasteiger partial charge on any atom is 0.310 e. The summed E-state index contributed by atoms with van der Waals surface area (Å²) in [7, 11) is 0. The molecule has 3 rings (SSSR count). The van der Waals surface area contributed by atoms with Crippen LogP contribution in [0.3, 0.4) is 0 Å². The Balaban J connectivity index is 1.58. The first-order valence-corrected chi connectivity index (χ1v) is 6.18. The lowest BCUT2D eigenvalue weighted by Gasteiger charge is -2.26. The quantitative estimate of drug-likeness (QED) is 0.713. The van der Waals surface area contributed by atoms with Crippen LogP contribution in [0.1, 0.15) is 32.1 Å². The highest BCUT2D eigenvalue weighted by molar-refractivity contribution is 5.74. The summed E-state index contributed by atoms with van der Waals surface area (Å²) >= 11 is 0. The maximum absolute atomic E-state index is 11.9. The predicted molar refractivity (Wildman–Crippen MR) is 56.0 cm³/mol. The summed E-state index contributed by atoms with van der Waals surface area (Å²) in [4.78, 5) is 11.9. The van der Waals surface area contributed by atoms with Crippen molar-refractivity contribution >= 4 is 5.97 Å². The van der Waals surface area contributed by atoms with E-state index in [9.17, 15) is 4.79 Å². The van der Waals surface area contributed by atoms with Crippen molar-refractivity contribution in [1.82, 2.24) is 0 Å². The summed E-state index contributed by atoms with van der Waals surface area (Å²) in [6.45, 7) is 0.638. The first kappa shape index (κ1) is 9.64. The number of ether oxygens (including phenoxy) is 1. The Morgan fingerprint density at radius 1 is 1.20 bits per heavy atom. The third-order valence-corrected chi connectivity index (χ3v) is 4.41. The summed E-state index contributed by atoms with van der Waals surface area (Å²) in [5, 5.41) is 0. The Labute approximate surface area is 90.4 Å². The maximum atomic E-state index is 11.9. The van der Waals surface area contributed by atoms with Gasteiger partial charge >= 0.3 is 5.97 Å². The van der Waals surface area contributed by atoms with Gasteiger partial charge in [0.1, 0.15) is 0 Å². The molecule has 0 spiro atoms. The molecular weight excluding hydrogens is 190 g/mol. The monoisotopic (exact) mass is 209 g/mol. The topological polar surface area (TPSA) is 52.3 Å². The van der Waals surface area contributed by atoms with Gasteiger partial charge < -0.3 is 10.5 Å². The lowest BCUT2D eigenvalue weighted by molar-refractivity contribution is -0.151. The zero-order chi connectivity index (χ0) is 10.4. The SMILES string of the molecule is NC1C2CCC(C2)C1C(=O)OCC1CC1. The van der Waals surface area contributed by atoms with E-state index < -0.39 is 0 Å². The third kappa shape index (κ3) is 1.67. The lowest BCUT2D eigenvalue weighted by Crippen LogP contribution is -2.41. The minimum Gasteiger partial charge on any atom is -0.465 e. The molecule has 15 heavy (non-hydrogen) atoms. The van der Waals surface area contributed by atoms with Crippen molar-refractivity contribution < 1.29 is 9.53 Å². The van der Waals surface area contributed by atoms with Crippen LogP contribution in [-0.2, 0) is 9.53 Å². The third-order valence-electron chi connectivity index (χ3n) is 4.41. The van der Waals surface area contributed by atoms with Crippen molar-refractivity contribution in [3.8, 4) is 0 Å². The fourth-order valence-corrected chi connectivity index (χ4v) is 3.27. The molecular formula is C12H19NO2. The lowest BCUT2D eigenvalue weighted by atomic mass is 9.85. The van der Waals surface area contributed by atoms with E-state index in [1.165, 1.54) is 25.7 Å². The highest BCUT2D eigenvalue weighted by Crippen LogP contribution is 2.48. The molecule has 3 nitrogen and oxygen atoms in total. The fraction of sp³-hybridized carbons (Fsp3) is 0.917. The summed E-state index contributed by atoms with van der Waals surface area (Å²) in [6.07, 6.45) is 6.02. The van der Waals surface area contributed by atoms with Crippen molar-refractivity contribution in [3.63, 3.8) is 0 Å². The number of nitrogens with two attached hydrogens (primary N) is 1. The summed E-state index contributed by atoms with van der Waals surface area (Å²) in [5.74, 6) is 1.78. The number of fused-ring (bicyclic) bond motifs is 2. The van der Waals surface area contributed by atoms with Crippen molar-refractivity contribution in [1.29, 1.82) is 0 Å². The van der Waals surface area contributed by atoms with Gasteiger partial charge in [-0.3, -0.25) is 4.79 Å². The Morgan fingerprint density at radius 3 is 2.53 bits per heavy atom. The molecule has 0 radical (unpaired) electrons. The Kier molecular flexibility index (Phi) is 2.23. The predicted octanol–water partition coefficient (Wildman–Crippen LogP) is 1.31. The Hall–Kier alpha value is -0.570. The number of carbonyl (C=O) groups excluding carboxylic acids is 1. The number of esters is 1. The first-order valence-electron chi connectivity index (χ1n) is 6.18. The number of rotatable bonds is 3. The number of carbonyl (C=O) groups is 1. The largest absolute Gasteiger partial charge is 0.465 e. The van der Waals surface area contributed by atoms with Gasteiger partial charge in [-0.1, -0.05) is 0 Å². The highest BCUT2D eigenvalue weighted by Gasteiger charge is 2.50. The molecule has 3 heteroatoms. The molecule has 0 aromatic carbocycles. The number of hydrogen-bond acceptors (Lipinski definition) is 3. The van der Waals surface area contributed by atoms with Crippen molar-refractivity contribution in [2.24, 2.45) is 29.4 Å².